The predicted octanol–water partition coefficient (Wildman–Crippen LogP) is 2.15. The van der Waals surface area contributed by atoms with Gasteiger partial charge in [0.25, 0.3) is 0 Å². The number of ketones is 1. The highest BCUT2D eigenvalue weighted by atomic mass is 16.5. The van der Waals surface area contributed by atoms with Gasteiger partial charge in [-0.3, -0.25) is 14.6 Å². The number of hydrogen-bond acceptors (Lipinski definition) is 4. The minimum Gasteiger partial charge on any atom is -0.468 e. The predicted molar refractivity (Wildman–Crippen MR) is 75.0 cm³/mol. The molecule has 4 heteroatoms. The number of carbonyl (C=O) groups excluding carboxylic acids is 2. The van der Waals surface area contributed by atoms with E-state index in [0.29, 0.717) is 6.54 Å². The van der Waals surface area contributed by atoms with Crippen LogP contribution >= 0.6 is 0 Å². The molecule has 0 aliphatic carbocycles. The van der Waals surface area contributed by atoms with Crippen LogP contribution in [0.25, 0.3) is 6.08 Å². The van der Waals surface area contributed by atoms with Gasteiger partial charge in [0, 0.05) is 12.8 Å². The fourth-order valence-electron chi connectivity index (χ4n) is 1.43. The highest BCUT2D eigenvalue weighted by Gasteiger charge is 2.23. The molecule has 0 radical (unpaired) electrons. The molecule has 0 fully saturated rings. The fraction of sp³-hybridized carbons (Fsp3) is 0.267. The molecule has 4 nitrogen and oxygen atoms in total. The second kappa shape index (κ2) is 7.97. The molecule has 1 atom stereocenters. The molecule has 1 aromatic rings. The van der Waals surface area contributed by atoms with Crippen molar-refractivity contribution < 1.29 is 14.3 Å². The molecule has 19 heavy (non-hydrogen) atoms. The number of esters is 1. The summed E-state index contributed by atoms with van der Waals surface area (Å²) in [7, 11) is 1.25. The molecule has 0 amide bonds. The fourth-order valence-corrected chi connectivity index (χ4v) is 1.43. The minimum absolute atomic E-state index is 0.340. The van der Waals surface area contributed by atoms with E-state index in [1.54, 1.807) is 6.08 Å². The summed E-state index contributed by atoms with van der Waals surface area (Å²) in [5, 5.41) is 0. The Hall–Kier alpha value is -2.23. The van der Waals surface area contributed by atoms with Crippen molar-refractivity contribution in [3.05, 3.63) is 42.0 Å². The van der Waals surface area contributed by atoms with Crippen LogP contribution in [0.2, 0.25) is 0 Å². The van der Waals surface area contributed by atoms with Gasteiger partial charge in [0.05, 0.1) is 7.11 Å². The maximum absolute atomic E-state index is 11.9. The van der Waals surface area contributed by atoms with Crippen LogP contribution < -0.4 is 0 Å². The van der Waals surface area contributed by atoms with Gasteiger partial charge in [-0.25, -0.2) is 0 Å². The topological polar surface area (TPSA) is 55.7 Å². The normalized spacial score (nSPS) is 12.7. The van der Waals surface area contributed by atoms with Gasteiger partial charge in [-0.15, -0.1) is 0 Å². The number of nitrogens with zero attached hydrogens (tertiary/aromatic N) is 1. The first-order valence-electron chi connectivity index (χ1n) is 6.03. The summed E-state index contributed by atoms with van der Waals surface area (Å²) in [5.41, 5.74) is 0.895. The van der Waals surface area contributed by atoms with E-state index in [4.69, 9.17) is 0 Å². The van der Waals surface area contributed by atoms with Gasteiger partial charge in [-0.1, -0.05) is 36.4 Å². The van der Waals surface area contributed by atoms with Crippen molar-refractivity contribution >= 4 is 24.0 Å². The number of benzene rings is 1. The van der Waals surface area contributed by atoms with Gasteiger partial charge >= 0.3 is 5.97 Å². The number of aliphatic imine (C=N–C) groups is 1. The summed E-state index contributed by atoms with van der Waals surface area (Å²) in [6.45, 7) is 2.35. The summed E-state index contributed by atoms with van der Waals surface area (Å²) >= 11 is 0. The molecule has 1 aromatic carbocycles. The van der Waals surface area contributed by atoms with E-state index in [2.05, 4.69) is 9.73 Å². The van der Waals surface area contributed by atoms with E-state index in [0.717, 1.165) is 5.56 Å². The molecular formula is C15H17NO3. The summed E-state index contributed by atoms with van der Waals surface area (Å²) in [4.78, 5) is 27.4. The Morgan fingerprint density at radius 3 is 2.58 bits per heavy atom. The highest BCUT2D eigenvalue weighted by molar-refractivity contribution is 6.16. The van der Waals surface area contributed by atoms with E-state index < -0.39 is 11.9 Å². The van der Waals surface area contributed by atoms with E-state index >= 15 is 0 Å². The summed E-state index contributed by atoms with van der Waals surface area (Å²) in [5.74, 6) is -1.90. The summed E-state index contributed by atoms with van der Waals surface area (Å²) in [6.07, 6.45) is 4.38. The van der Waals surface area contributed by atoms with Gasteiger partial charge in [-0.2, -0.15) is 0 Å². The molecule has 1 rings (SSSR count). The lowest BCUT2D eigenvalue weighted by atomic mass is 10.0. The van der Waals surface area contributed by atoms with Crippen molar-refractivity contribution in [1.82, 2.24) is 0 Å². The Kier molecular flexibility index (Phi) is 6.22. The first-order valence-corrected chi connectivity index (χ1v) is 6.03. The smallest absolute Gasteiger partial charge is 0.322 e. The van der Waals surface area contributed by atoms with Gasteiger partial charge < -0.3 is 4.74 Å². The molecule has 0 bridgehead atoms. The highest BCUT2D eigenvalue weighted by Crippen LogP contribution is 2.05. The lowest BCUT2D eigenvalue weighted by Crippen LogP contribution is -2.25. The molecule has 0 saturated heterocycles. The molecular weight excluding hydrogens is 242 g/mol. The zero-order chi connectivity index (χ0) is 14.1. The summed E-state index contributed by atoms with van der Waals surface area (Å²) < 4.78 is 4.60. The van der Waals surface area contributed by atoms with E-state index in [-0.39, 0.29) is 5.78 Å². The molecule has 0 N–H and O–H groups in total. The largest absolute Gasteiger partial charge is 0.468 e. The number of ether oxygens (including phenoxy) is 1. The third-order valence-corrected chi connectivity index (χ3v) is 2.44. The second-order valence-corrected chi connectivity index (χ2v) is 3.80. The third kappa shape index (κ3) is 4.87. The molecule has 0 spiro atoms. The molecule has 0 saturated carbocycles. The number of rotatable bonds is 6. The Labute approximate surface area is 112 Å². The Morgan fingerprint density at radius 1 is 1.32 bits per heavy atom. The number of hydrogen-bond donors (Lipinski definition) is 0. The SMILES string of the molecule is CCN=CC(C(=O)C=Cc1ccccc1)C(=O)OC. The third-order valence-electron chi connectivity index (χ3n) is 2.44. The Balaban J connectivity index is 2.80. The standard InChI is InChI=1S/C15H17NO3/c1-3-16-11-13(15(18)19-2)14(17)10-9-12-7-5-4-6-8-12/h4-11,13H,3H2,1-2H3. The van der Waals surface area contributed by atoms with Gasteiger partial charge in [-0.05, 0) is 18.6 Å². The zero-order valence-electron chi connectivity index (χ0n) is 11.1. The molecule has 0 aliphatic rings. The van der Waals surface area contributed by atoms with E-state index in [9.17, 15) is 9.59 Å². The van der Waals surface area contributed by atoms with Crippen LogP contribution in [0.3, 0.4) is 0 Å². The molecule has 1 unspecified atom stereocenters. The van der Waals surface area contributed by atoms with Crippen LogP contribution in [-0.4, -0.2) is 31.6 Å². The second-order valence-electron chi connectivity index (χ2n) is 3.80. The van der Waals surface area contributed by atoms with Crippen LogP contribution in [0, 0.1) is 5.92 Å². The van der Waals surface area contributed by atoms with Gasteiger partial charge in [0.15, 0.2) is 11.7 Å². The van der Waals surface area contributed by atoms with Crippen molar-refractivity contribution in [3.8, 4) is 0 Å². The summed E-state index contributed by atoms with van der Waals surface area (Å²) in [6, 6.07) is 9.39. The first-order chi connectivity index (χ1) is 9.19. The van der Waals surface area contributed by atoms with Crippen LogP contribution in [-0.2, 0) is 14.3 Å². The molecule has 100 valence electrons. The van der Waals surface area contributed by atoms with Crippen molar-refractivity contribution in [2.24, 2.45) is 10.9 Å². The Bertz CT molecular complexity index is 477. The average Bonchev–Trinajstić information content (AvgIpc) is 2.46. The van der Waals surface area contributed by atoms with Crippen molar-refractivity contribution in [2.45, 2.75) is 6.92 Å². The van der Waals surface area contributed by atoms with Crippen molar-refractivity contribution in [1.29, 1.82) is 0 Å². The molecule has 0 aliphatic heterocycles. The molecule has 0 aromatic heterocycles. The van der Waals surface area contributed by atoms with E-state index in [1.165, 1.54) is 19.4 Å². The van der Waals surface area contributed by atoms with Gasteiger partial charge in [0.1, 0.15) is 0 Å². The zero-order valence-corrected chi connectivity index (χ0v) is 11.1. The first kappa shape index (κ1) is 14.8. The number of carbonyl (C=O) groups is 2. The van der Waals surface area contributed by atoms with Crippen LogP contribution in [0.5, 0.6) is 0 Å². The molecule has 0 heterocycles. The Morgan fingerprint density at radius 2 is 2.00 bits per heavy atom. The van der Waals surface area contributed by atoms with Crippen molar-refractivity contribution in [3.63, 3.8) is 0 Å². The van der Waals surface area contributed by atoms with Gasteiger partial charge in [0.2, 0.25) is 0 Å². The van der Waals surface area contributed by atoms with Crippen LogP contribution in [0.4, 0.5) is 0 Å². The minimum atomic E-state index is -0.968. The lowest BCUT2D eigenvalue weighted by Gasteiger charge is -2.05. The van der Waals surface area contributed by atoms with E-state index in [1.807, 2.05) is 37.3 Å². The maximum Gasteiger partial charge on any atom is 0.322 e. The maximum atomic E-state index is 11.9. The average molecular weight is 259 g/mol. The monoisotopic (exact) mass is 259 g/mol. The van der Waals surface area contributed by atoms with Crippen molar-refractivity contribution in [2.75, 3.05) is 13.7 Å². The quantitative estimate of drug-likeness (QED) is 0.340. The number of allylic oxidation sites excluding steroid dienone is 1. The lowest BCUT2D eigenvalue weighted by molar-refractivity contribution is -0.145. The van der Waals surface area contributed by atoms with Crippen LogP contribution in [0.1, 0.15) is 12.5 Å². The van der Waals surface area contributed by atoms with Crippen LogP contribution in [0.15, 0.2) is 41.4 Å². The number of methoxy groups -OCH3 is 1.